The predicted octanol–water partition coefficient (Wildman–Crippen LogP) is 1.17. The molecule has 0 fully saturated rings. The number of amides is 1. The fourth-order valence-electron chi connectivity index (χ4n) is 0.724. The quantitative estimate of drug-likeness (QED) is 0.438. The van der Waals surface area contributed by atoms with Gasteiger partial charge < -0.3 is 0 Å². The number of carbonyl (C=O) groups is 1. The fraction of sp³-hybridized carbons (Fsp3) is 0. The summed E-state index contributed by atoms with van der Waals surface area (Å²) in [4.78, 5) is 11.0. The van der Waals surface area contributed by atoms with Crippen molar-refractivity contribution in [2.24, 2.45) is 0 Å². The zero-order chi connectivity index (χ0) is 8.97. The molecule has 0 saturated carbocycles. The second-order valence-corrected chi connectivity index (χ2v) is 2.51. The Morgan fingerprint density at radius 2 is 1.92 bits per heavy atom. The first kappa shape index (κ1) is 13.1. The fourth-order valence-corrected chi connectivity index (χ4v) is 0.850. The smallest absolute Gasteiger partial charge is 0.264 e. The SMILES string of the molecule is N#CNC(=O)c1ccc(Cl)cc1.[K]. The van der Waals surface area contributed by atoms with E-state index >= 15 is 0 Å². The van der Waals surface area contributed by atoms with Crippen LogP contribution in [0.1, 0.15) is 10.4 Å². The van der Waals surface area contributed by atoms with Crippen LogP contribution in [0, 0.1) is 11.5 Å². The Balaban J connectivity index is 0.00000144. The maximum atomic E-state index is 11.0. The van der Waals surface area contributed by atoms with E-state index in [4.69, 9.17) is 16.9 Å². The van der Waals surface area contributed by atoms with Gasteiger partial charge in [0.1, 0.15) is 0 Å². The molecular weight excluding hydrogens is 215 g/mol. The van der Waals surface area contributed by atoms with Gasteiger partial charge in [-0.3, -0.25) is 10.1 Å². The number of nitrogens with zero attached hydrogens (tertiary/aromatic N) is 1. The number of nitriles is 1. The number of nitrogens with one attached hydrogen (secondary N) is 1. The molecule has 0 atom stereocenters. The first-order valence-corrected chi connectivity index (χ1v) is 3.57. The summed E-state index contributed by atoms with van der Waals surface area (Å²) in [5.41, 5.74) is 0.418. The van der Waals surface area contributed by atoms with Crippen molar-refractivity contribution in [1.29, 1.82) is 5.26 Å². The second kappa shape index (κ2) is 6.54. The van der Waals surface area contributed by atoms with Crippen LogP contribution in [0.15, 0.2) is 24.3 Å². The van der Waals surface area contributed by atoms with E-state index < -0.39 is 5.91 Å². The zero-order valence-corrected chi connectivity index (χ0v) is 10.9. The minimum Gasteiger partial charge on any atom is -0.268 e. The number of benzene rings is 1. The number of rotatable bonds is 1. The van der Waals surface area contributed by atoms with Gasteiger partial charge >= 0.3 is 0 Å². The number of carbonyl (C=O) groups excluding carboxylic acids is 1. The van der Waals surface area contributed by atoms with Gasteiger partial charge in [-0.2, -0.15) is 5.26 Å². The summed E-state index contributed by atoms with van der Waals surface area (Å²) in [7, 11) is 0. The molecule has 61 valence electrons. The van der Waals surface area contributed by atoms with Crippen LogP contribution in [0.2, 0.25) is 5.02 Å². The van der Waals surface area contributed by atoms with E-state index in [1.807, 2.05) is 5.32 Å². The molecule has 0 aliphatic rings. The molecule has 1 aromatic carbocycles. The molecule has 3 nitrogen and oxygen atoms in total. The molecular formula is C8H5ClKN2O. The molecule has 0 aliphatic heterocycles. The van der Waals surface area contributed by atoms with E-state index in [2.05, 4.69) is 0 Å². The van der Waals surface area contributed by atoms with Crippen molar-refractivity contribution in [2.75, 3.05) is 0 Å². The third kappa shape index (κ3) is 4.23. The first-order chi connectivity index (χ1) is 5.74. The van der Waals surface area contributed by atoms with Crippen LogP contribution in [0.5, 0.6) is 0 Å². The number of halogens is 1. The minimum atomic E-state index is -0.422. The van der Waals surface area contributed by atoms with Crippen LogP contribution in [-0.2, 0) is 0 Å². The summed E-state index contributed by atoms with van der Waals surface area (Å²) in [6.07, 6.45) is 1.55. The summed E-state index contributed by atoms with van der Waals surface area (Å²) in [6.45, 7) is 0. The molecule has 1 aromatic rings. The van der Waals surface area contributed by atoms with Crippen LogP contribution in [0.4, 0.5) is 0 Å². The van der Waals surface area contributed by atoms with Crippen LogP contribution in [0.3, 0.4) is 0 Å². The van der Waals surface area contributed by atoms with E-state index in [0.29, 0.717) is 10.6 Å². The summed E-state index contributed by atoms with van der Waals surface area (Å²) in [5, 5.41) is 10.7. The van der Waals surface area contributed by atoms with Gasteiger partial charge in [0.05, 0.1) is 0 Å². The van der Waals surface area contributed by atoms with E-state index in [9.17, 15) is 4.79 Å². The van der Waals surface area contributed by atoms with Crippen LogP contribution in [0.25, 0.3) is 0 Å². The Hall–Kier alpha value is 0.106. The Labute approximate surface area is 123 Å². The van der Waals surface area contributed by atoms with Gasteiger partial charge in [0.15, 0.2) is 6.19 Å². The van der Waals surface area contributed by atoms with Gasteiger partial charge in [-0.25, -0.2) is 0 Å². The Kier molecular flexibility index (Phi) is 6.60. The molecule has 0 aromatic heterocycles. The van der Waals surface area contributed by atoms with Crippen LogP contribution in [-0.4, -0.2) is 57.3 Å². The van der Waals surface area contributed by atoms with Crippen molar-refractivity contribution in [3.8, 4) is 6.19 Å². The second-order valence-electron chi connectivity index (χ2n) is 2.07. The van der Waals surface area contributed by atoms with E-state index in [-0.39, 0.29) is 51.4 Å². The van der Waals surface area contributed by atoms with Gasteiger partial charge in [-0.1, -0.05) is 11.6 Å². The Morgan fingerprint density at radius 3 is 2.38 bits per heavy atom. The van der Waals surface area contributed by atoms with E-state index in [1.165, 1.54) is 0 Å². The van der Waals surface area contributed by atoms with Crippen molar-refractivity contribution < 1.29 is 4.79 Å². The van der Waals surface area contributed by atoms with Gasteiger partial charge in [-0.05, 0) is 24.3 Å². The molecule has 1 radical (unpaired) electrons. The van der Waals surface area contributed by atoms with E-state index in [0.717, 1.165) is 0 Å². The molecule has 0 bridgehead atoms. The average molecular weight is 220 g/mol. The predicted molar refractivity (Wildman–Crippen MR) is 50.3 cm³/mol. The summed E-state index contributed by atoms with van der Waals surface area (Å²) >= 11 is 5.60. The van der Waals surface area contributed by atoms with Gasteiger partial charge in [-0.15, -0.1) is 0 Å². The van der Waals surface area contributed by atoms with Crippen molar-refractivity contribution in [3.63, 3.8) is 0 Å². The molecule has 0 heterocycles. The molecule has 5 heteroatoms. The minimum absolute atomic E-state index is 0. The monoisotopic (exact) mass is 219 g/mol. The third-order valence-corrected chi connectivity index (χ3v) is 1.53. The van der Waals surface area contributed by atoms with Gasteiger partial charge in [0.2, 0.25) is 0 Å². The average Bonchev–Trinajstić information content (AvgIpc) is 2.06. The standard InChI is InChI=1S/C8H5ClN2O.K/c9-7-3-1-6(2-4-7)8(12)11-5-10;/h1-4H,(H,11,12);. The summed E-state index contributed by atoms with van der Waals surface area (Å²) in [5.74, 6) is -0.422. The van der Waals surface area contributed by atoms with Crippen molar-refractivity contribution in [2.45, 2.75) is 0 Å². The number of hydrogen-bond donors (Lipinski definition) is 1. The molecule has 0 spiro atoms. The maximum Gasteiger partial charge on any atom is 0.264 e. The zero-order valence-electron chi connectivity index (χ0n) is 7.04. The molecule has 0 aliphatic carbocycles. The van der Waals surface area contributed by atoms with Crippen molar-refractivity contribution >= 4 is 68.9 Å². The maximum absolute atomic E-state index is 11.0. The topological polar surface area (TPSA) is 52.9 Å². The Morgan fingerprint density at radius 1 is 1.38 bits per heavy atom. The largest absolute Gasteiger partial charge is 0.268 e. The summed E-state index contributed by atoms with van der Waals surface area (Å²) < 4.78 is 0. The molecule has 0 saturated heterocycles. The Bertz CT molecular complexity index is 331. The third-order valence-electron chi connectivity index (χ3n) is 1.28. The van der Waals surface area contributed by atoms with E-state index in [1.54, 1.807) is 30.5 Å². The van der Waals surface area contributed by atoms with Crippen molar-refractivity contribution in [3.05, 3.63) is 34.9 Å². The molecule has 1 rings (SSSR count). The normalized spacial score (nSPS) is 8.00. The molecule has 0 unspecified atom stereocenters. The van der Waals surface area contributed by atoms with Crippen LogP contribution < -0.4 is 5.32 Å². The van der Waals surface area contributed by atoms with Crippen molar-refractivity contribution in [1.82, 2.24) is 5.32 Å². The van der Waals surface area contributed by atoms with Gasteiger partial charge in [0, 0.05) is 62.0 Å². The first-order valence-electron chi connectivity index (χ1n) is 3.19. The van der Waals surface area contributed by atoms with Gasteiger partial charge in [0.25, 0.3) is 5.91 Å². The molecule has 13 heavy (non-hydrogen) atoms. The van der Waals surface area contributed by atoms with Crippen LogP contribution >= 0.6 is 11.6 Å². The molecule has 1 N–H and O–H groups in total. The number of hydrogen-bond acceptors (Lipinski definition) is 2. The molecule has 1 amide bonds. The summed E-state index contributed by atoms with van der Waals surface area (Å²) in [6, 6.07) is 6.28.